The molecule has 0 unspecified atom stereocenters. The maximum atomic E-state index is 13.5. The van der Waals surface area contributed by atoms with Gasteiger partial charge in [0.2, 0.25) is 0 Å². The summed E-state index contributed by atoms with van der Waals surface area (Å²) >= 11 is 10.4. The molecule has 96 valence electrons. The number of fused-ring (bicyclic) bond motifs is 1. The first kappa shape index (κ1) is 12.8. The lowest BCUT2D eigenvalue weighted by Gasteiger charge is -2.00. The van der Waals surface area contributed by atoms with Crippen molar-refractivity contribution in [1.29, 1.82) is 0 Å². The average Bonchev–Trinajstić information content (AvgIpc) is 2.72. The van der Waals surface area contributed by atoms with Crippen LogP contribution >= 0.6 is 38.9 Å². The third-order valence-electron chi connectivity index (χ3n) is 2.64. The number of benzene rings is 1. The van der Waals surface area contributed by atoms with Gasteiger partial charge in [-0.25, -0.2) is 9.37 Å². The molecule has 0 atom stereocenters. The molecule has 0 fully saturated rings. The van der Waals surface area contributed by atoms with Crippen molar-refractivity contribution in [3.8, 4) is 10.4 Å². The van der Waals surface area contributed by atoms with Crippen molar-refractivity contribution >= 4 is 49.8 Å². The second-order valence-corrected chi connectivity index (χ2v) is 6.53. The van der Waals surface area contributed by atoms with Gasteiger partial charge in [0, 0.05) is 0 Å². The summed E-state index contributed by atoms with van der Waals surface area (Å²) in [6, 6.07) is 4.46. The quantitative estimate of drug-likeness (QED) is 0.707. The molecule has 3 aromatic rings. The minimum Gasteiger partial charge on any atom is -0.313 e. The van der Waals surface area contributed by atoms with E-state index < -0.39 is 5.82 Å². The summed E-state index contributed by atoms with van der Waals surface area (Å²) in [5.74, 6) is -0.517. The van der Waals surface area contributed by atoms with Crippen LogP contribution in [0.3, 0.4) is 0 Å². The summed E-state index contributed by atoms with van der Waals surface area (Å²) < 4.78 is 14.3. The van der Waals surface area contributed by atoms with E-state index in [0.717, 1.165) is 3.79 Å². The SMILES string of the molecule is O=c1[nH]cnc2c(Br)sc(-c3ccc(Cl)c(F)c3)c12. The molecule has 1 N–H and O–H groups in total. The zero-order chi connectivity index (χ0) is 13.6. The summed E-state index contributed by atoms with van der Waals surface area (Å²) in [5, 5.41) is 0.497. The van der Waals surface area contributed by atoms with Crippen molar-refractivity contribution in [2.45, 2.75) is 0 Å². The number of halogens is 3. The molecule has 0 saturated carbocycles. The van der Waals surface area contributed by atoms with Crippen LogP contribution in [0.15, 0.2) is 33.1 Å². The summed E-state index contributed by atoms with van der Waals surface area (Å²) in [4.78, 5) is 19.2. The lowest BCUT2D eigenvalue weighted by atomic mass is 10.1. The fourth-order valence-electron chi connectivity index (χ4n) is 1.79. The Kier molecular flexibility index (Phi) is 3.16. The van der Waals surface area contributed by atoms with Crippen LogP contribution in [0.5, 0.6) is 0 Å². The van der Waals surface area contributed by atoms with Crippen LogP contribution in [0.1, 0.15) is 0 Å². The maximum Gasteiger partial charge on any atom is 0.260 e. The number of H-pyrrole nitrogens is 1. The topological polar surface area (TPSA) is 45.8 Å². The number of aromatic amines is 1. The second-order valence-electron chi connectivity index (χ2n) is 3.79. The van der Waals surface area contributed by atoms with Gasteiger partial charge < -0.3 is 4.98 Å². The van der Waals surface area contributed by atoms with Crippen LogP contribution in [0.25, 0.3) is 21.3 Å². The van der Waals surface area contributed by atoms with Crippen molar-refractivity contribution in [2.24, 2.45) is 0 Å². The largest absolute Gasteiger partial charge is 0.313 e. The van der Waals surface area contributed by atoms with E-state index in [9.17, 15) is 9.18 Å². The molecule has 3 rings (SSSR count). The minimum absolute atomic E-state index is 0.0516. The van der Waals surface area contributed by atoms with Gasteiger partial charge in [-0.15, -0.1) is 11.3 Å². The van der Waals surface area contributed by atoms with Gasteiger partial charge in [-0.3, -0.25) is 4.79 Å². The highest BCUT2D eigenvalue weighted by Crippen LogP contribution is 2.39. The van der Waals surface area contributed by atoms with Crippen molar-refractivity contribution in [1.82, 2.24) is 9.97 Å². The molecule has 0 radical (unpaired) electrons. The van der Waals surface area contributed by atoms with E-state index in [1.807, 2.05) is 0 Å². The van der Waals surface area contributed by atoms with Gasteiger partial charge in [-0.2, -0.15) is 0 Å². The Balaban J connectivity index is 2.37. The first-order valence-electron chi connectivity index (χ1n) is 5.19. The highest BCUT2D eigenvalue weighted by Gasteiger charge is 2.16. The Labute approximate surface area is 124 Å². The fourth-order valence-corrected chi connectivity index (χ4v) is 3.66. The third-order valence-corrected chi connectivity index (χ3v) is 4.82. The van der Waals surface area contributed by atoms with Crippen LogP contribution in [0.2, 0.25) is 5.02 Å². The van der Waals surface area contributed by atoms with Gasteiger partial charge in [-0.1, -0.05) is 17.7 Å². The number of nitrogens with one attached hydrogen (secondary N) is 1. The number of hydrogen-bond acceptors (Lipinski definition) is 3. The van der Waals surface area contributed by atoms with E-state index >= 15 is 0 Å². The van der Waals surface area contributed by atoms with Crippen LogP contribution in [0, 0.1) is 5.82 Å². The zero-order valence-electron chi connectivity index (χ0n) is 9.21. The molecule has 0 spiro atoms. The van der Waals surface area contributed by atoms with Crippen LogP contribution < -0.4 is 5.56 Å². The molecule has 0 aliphatic heterocycles. The standard InChI is InChI=1S/C12H5BrClFN2OS/c13-11-9-8(12(18)17-4-16-9)10(19-11)5-1-2-6(14)7(15)3-5/h1-4H,(H,16,17,18). The predicted octanol–water partition coefficient (Wildman–Crippen LogP) is 4.21. The summed E-state index contributed by atoms with van der Waals surface area (Å²) in [6.45, 7) is 0. The van der Waals surface area contributed by atoms with Crippen molar-refractivity contribution in [3.63, 3.8) is 0 Å². The van der Waals surface area contributed by atoms with Crippen molar-refractivity contribution < 1.29 is 4.39 Å². The highest BCUT2D eigenvalue weighted by molar-refractivity contribution is 9.11. The number of nitrogens with zero attached hydrogens (tertiary/aromatic N) is 1. The van der Waals surface area contributed by atoms with E-state index in [4.69, 9.17) is 11.6 Å². The second kappa shape index (κ2) is 4.70. The highest BCUT2D eigenvalue weighted by atomic mass is 79.9. The molecule has 2 heterocycles. The van der Waals surface area contributed by atoms with Crippen LogP contribution in [-0.2, 0) is 0 Å². The van der Waals surface area contributed by atoms with Gasteiger partial charge in [0.15, 0.2) is 0 Å². The molecular weight excluding hydrogens is 355 g/mol. The van der Waals surface area contributed by atoms with Crippen LogP contribution in [0.4, 0.5) is 4.39 Å². The first-order chi connectivity index (χ1) is 9.08. The number of rotatable bonds is 1. The third kappa shape index (κ3) is 2.09. The Morgan fingerprint density at radius 1 is 1.42 bits per heavy atom. The van der Waals surface area contributed by atoms with Gasteiger partial charge >= 0.3 is 0 Å². The Hall–Kier alpha value is -1.24. The molecule has 3 nitrogen and oxygen atoms in total. The molecule has 0 aliphatic rings. The van der Waals surface area contributed by atoms with Gasteiger partial charge in [-0.05, 0) is 33.6 Å². The molecule has 7 heteroatoms. The molecule has 0 saturated heterocycles. The Morgan fingerprint density at radius 3 is 2.95 bits per heavy atom. The first-order valence-corrected chi connectivity index (χ1v) is 7.18. The minimum atomic E-state index is -0.517. The number of hydrogen-bond donors (Lipinski definition) is 1. The lowest BCUT2D eigenvalue weighted by molar-refractivity contribution is 0.629. The van der Waals surface area contributed by atoms with Crippen LogP contribution in [-0.4, -0.2) is 9.97 Å². The Bertz CT molecular complexity index is 845. The van der Waals surface area contributed by atoms with E-state index in [2.05, 4.69) is 25.9 Å². The summed E-state index contributed by atoms with van der Waals surface area (Å²) in [6.07, 6.45) is 1.34. The number of thiophene rings is 1. The molecule has 19 heavy (non-hydrogen) atoms. The van der Waals surface area contributed by atoms with Gasteiger partial charge in [0.05, 0.1) is 25.4 Å². The predicted molar refractivity (Wildman–Crippen MR) is 78.3 cm³/mol. The van der Waals surface area contributed by atoms with E-state index in [1.165, 1.54) is 29.8 Å². The van der Waals surface area contributed by atoms with E-state index in [0.29, 0.717) is 21.3 Å². The Morgan fingerprint density at radius 2 is 2.21 bits per heavy atom. The van der Waals surface area contributed by atoms with Crippen molar-refractivity contribution in [2.75, 3.05) is 0 Å². The fraction of sp³-hybridized carbons (Fsp3) is 0. The summed E-state index contributed by atoms with van der Waals surface area (Å²) in [7, 11) is 0. The molecular formula is C12H5BrClFN2OS. The molecule has 1 aromatic carbocycles. The number of aromatic nitrogens is 2. The maximum absolute atomic E-state index is 13.5. The summed E-state index contributed by atoms with van der Waals surface area (Å²) in [5.41, 5.74) is 0.914. The van der Waals surface area contributed by atoms with Crippen molar-refractivity contribution in [3.05, 3.63) is 49.5 Å². The van der Waals surface area contributed by atoms with Gasteiger partial charge in [0.25, 0.3) is 5.56 Å². The van der Waals surface area contributed by atoms with E-state index in [1.54, 1.807) is 6.07 Å². The average molecular weight is 360 g/mol. The monoisotopic (exact) mass is 358 g/mol. The van der Waals surface area contributed by atoms with Gasteiger partial charge in [0.1, 0.15) is 11.3 Å². The molecule has 0 aliphatic carbocycles. The normalized spacial score (nSPS) is 11.1. The molecule has 0 bridgehead atoms. The molecule has 2 aromatic heterocycles. The smallest absolute Gasteiger partial charge is 0.260 e. The van der Waals surface area contributed by atoms with E-state index in [-0.39, 0.29) is 10.6 Å². The molecule has 0 amide bonds. The zero-order valence-corrected chi connectivity index (χ0v) is 12.4. The lowest BCUT2D eigenvalue weighted by Crippen LogP contribution is -2.05.